The molecule has 21 heavy (non-hydrogen) atoms. The van der Waals surface area contributed by atoms with Crippen molar-refractivity contribution in [3.63, 3.8) is 0 Å². The van der Waals surface area contributed by atoms with E-state index < -0.39 is 0 Å². The molecule has 2 N–H and O–H groups in total. The fourth-order valence-corrected chi connectivity index (χ4v) is 2.28. The van der Waals surface area contributed by atoms with Gasteiger partial charge in [-0.25, -0.2) is 0 Å². The Balaban J connectivity index is 2.04. The minimum absolute atomic E-state index is 0.147. The minimum Gasteiger partial charge on any atom is -0.385 e. The summed E-state index contributed by atoms with van der Waals surface area (Å²) >= 11 is 9.26. The lowest BCUT2D eigenvalue weighted by atomic mass is 10.2. The van der Waals surface area contributed by atoms with Crippen LogP contribution in [0.1, 0.15) is 23.7 Å². The van der Waals surface area contributed by atoms with Crippen molar-refractivity contribution >= 4 is 44.8 Å². The van der Waals surface area contributed by atoms with Crippen molar-refractivity contribution in [2.24, 2.45) is 0 Å². The highest BCUT2D eigenvalue weighted by molar-refractivity contribution is 9.10. The van der Waals surface area contributed by atoms with Gasteiger partial charge in [0.2, 0.25) is 0 Å². The van der Waals surface area contributed by atoms with Crippen molar-refractivity contribution in [2.45, 2.75) is 13.3 Å². The van der Waals surface area contributed by atoms with Gasteiger partial charge in [-0.1, -0.05) is 18.5 Å². The molecule has 0 saturated heterocycles. The van der Waals surface area contributed by atoms with E-state index in [9.17, 15) is 4.79 Å². The molecule has 0 aliphatic carbocycles. The number of halogens is 2. The summed E-state index contributed by atoms with van der Waals surface area (Å²) in [5.74, 6) is -0.147. The Kier molecular flexibility index (Phi) is 5.65. The Hall–Kier alpha value is -1.52. The van der Waals surface area contributed by atoms with Gasteiger partial charge in [-0.05, 0) is 64.8 Å². The third-order valence-corrected chi connectivity index (χ3v) is 4.12. The van der Waals surface area contributed by atoms with Crippen LogP contribution in [0.25, 0.3) is 0 Å². The van der Waals surface area contributed by atoms with Gasteiger partial charge in [0.1, 0.15) is 0 Å². The Morgan fingerprint density at radius 2 is 1.81 bits per heavy atom. The molecule has 0 aliphatic rings. The summed E-state index contributed by atoms with van der Waals surface area (Å²) in [5.41, 5.74) is 2.33. The number of carbonyl (C=O) groups excluding carboxylic acids is 1. The zero-order valence-corrected chi connectivity index (χ0v) is 14.0. The molecule has 2 rings (SSSR count). The van der Waals surface area contributed by atoms with Crippen LogP contribution in [0.2, 0.25) is 5.02 Å². The third-order valence-electron chi connectivity index (χ3n) is 2.90. The molecule has 0 radical (unpaired) electrons. The summed E-state index contributed by atoms with van der Waals surface area (Å²) in [6.07, 6.45) is 1.06. The minimum atomic E-state index is -0.147. The molecule has 110 valence electrons. The van der Waals surface area contributed by atoms with E-state index in [-0.39, 0.29) is 5.91 Å². The molecule has 0 aromatic heterocycles. The first-order chi connectivity index (χ1) is 10.1. The predicted octanol–water partition coefficient (Wildman–Crippen LogP) is 5.18. The van der Waals surface area contributed by atoms with Gasteiger partial charge in [-0.2, -0.15) is 0 Å². The van der Waals surface area contributed by atoms with Gasteiger partial charge in [0.25, 0.3) is 5.91 Å². The van der Waals surface area contributed by atoms with Crippen LogP contribution in [-0.4, -0.2) is 12.5 Å². The molecule has 1 amide bonds. The molecule has 3 nitrogen and oxygen atoms in total. The van der Waals surface area contributed by atoms with Crippen LogP contribution >= 0.6 is 27.5 Å². The van der Waals surface area contributed by atoms with Crippen LogP contribution in [0.4, 0.5) is 11.4 Å². The highest BCUT2D eigenvalue weighted by Crippen LogP contribution is 2.25. The molecule has 5 heteroatoms. The summed E-state index contributed by atoms with van der Waals surface area (Å²) < 4.78 is 0.751. The number of nitrogens with one attached hydrogen (secondary N) is 2. The van der Waals surface area contributed by atoms with Gasteiger partial charge in [-0.15, -0.1) is 0 Å². The number of rotatable bonds is 5. The van der Waals surface area contributed by atoms with Gasteiger partial charge in [0, 0.05) is 28.0 Å². The van der Waals surface area contributed by atoms with Gasteiger partial charge in [0.15, 0.2) is 0 Å². The first-order valence-electron chi connectivity index (χ1n) is 6.70. The number of amides is 1. The summed E-state index contributed by atoms with van der Waals surface area (Å²) in [5, 5.41) is 6.72. The smallest absolute Gasteiger partial charge is 0.255 e. The van der Waals surface area contributed by atoms with E-state index in [2.05, 4.69) is 33.5 Å². The zero-order chi connectivity index (χ0) is 15.2. The Bertz CT molecular complexity index is 629. The molecule has 0 aliphatic heterocycles. The Labute approximate surface area is 137 Å². The molecule has 0 unspecified atom stereocenters. The van der Waals surface area contributed by atoms with E-state index in [0.29, 0.717) is 16.3 Å². The molecular weight excluding hydrogens is 352 g/mol. The lowest BCUT2D eigenvalue weighted by Crippen LogP contribution is -2.12. The van der Waals surface area contributed by atoms with E-state index in [0.717, 1.165) is 23.1 Å². The first-order valence-corrected chi connectivity index (χ1v) is 7.87. The van der Waals surface area contributed by atoms with E-state index in [1.807, 2.05) is 12.1 Å². The van der Waals surface area contributed by atoms with E-state index in [1.165, 1.54) is 0 Å². The summed E-state index contributed by atoms with van der Waals surface area (Å²) in [7, 11) is 0. The van der Waals surface area contributed by atoms with Gasteiger partial charge < -0.3 is 10.6 Å². The largest absolute Gasteiger partial charge is 0.385 e. The van der Waals surface area contributed by atoms with Gasteiger partial charge in [0.05, 0.1) is 5.02 Å². The first kappa shape index (κ1) is 15.9. The van der Waals surface area contributed by atoms with E-state index in [1.54, 1.807) is 30.3 Å². The molecule has 2 aromatic rings. The van der Waals surface area contributed by atoms with Crippen molar-refractivity contribution in [1.82, 2.24) is 0 Å². The maximum absolute atomic E-state index is 12.2. The number of hydrogen-bond acceptors (Lipinski definition) is 2. The van der Waals surface area contributed by atoms with Crippen LogP contribution in [-0.2, 0) is 0 Å². The van der Waals surface area contributed by atoms with Crippen molar-refractivity contribution in [1.29, 1.82) is 0 Å². The average Bonchev–Trinajstić information content (AvgIpc) is 2.49. The van der Waals surface area contributed by atoms with Crippen LogP contribution < -0.4 is 10.6 Å². The summed E-state index contributed by atoms with van der Waals surface area (Å²) in [6.45, 7) is 3.03. The number of anilines is 2. The van der Waals surface area contributed by atoms with Crippen molar-refractivity contribution in [3.05, 3.63) is 57.5 Å². The fraction of sp³-hybridized carbons (Fsp3) is 0.188. The molecule has 0 fully saturated rings. The highest BCUT2D eigenvalue weighted by atomic mass is 79.9. The maximum Gasteiger partial charge on any atom is 0.255 e. The topological polar surface area (TPSA) is 41.1 Å². The van der Waals surface area contributed by atoms with Crippen molar-refractivity contribution < 1.29 is 4.79 Å². The molecule has 2 aromatic carbocycles. The van der Waals surface area contributed by atoms with Crippen LogP contribution in [0.15, 0.2) is 46.9 Å². The summed E-state index contributed by atoms with van der Waals surface area (Å²) in [4.78, 5) is 12.2. The Morgan fingerprint density at radius 3 is 2.43 bits per heavy atom. The number of hydrogen-bond donors (Lipinski definition) is 2. The molecule has 0 spiro atoms. The third kappa shape index (κ3) is 4.48. The normalized spacial score (nSPS) is 10.2. The highest BCUT2D eigenvalue weighted by Gasteiger charge is 2.07. The van der Waals surface area contributed by atoms with Crippen LogP contribution in [0.3, 0.4) is 0 Å². The lowest BCUT2D eigenvalue weighted by molar-refractivity contribution is 0.102. The monoisotopic (exact) mass is 366 g/mol. The molecular formula is C16H16BrClN2O. The molecule has 0 bridgehead atoms. The second-order valence-electron chi connectivity index (χ2n) is 4.59. The molecule has 0 heterocycles. The quantitative estimate of drug-likeness (QED) is 0.765. The SMILES string of the molecule is CCCNc1ccc(C(=O)Nc2ccc(Cl)c(Br)c2)cc1. The second kappa shape index (κ2) is 7.48. The second-order valence-corrected chi connectivity index (χ2v) is 5.85. The molecule has 0 saturated carbocycles. The number of carbonyl (C=O) groups is 1. The van der Waals surface area contributed by atoms with Crippen LogP contribution in [0.5, 0.6) is 0 Å². The van der Waals surface area contributed by atoms with E-state index >= 15 is 0 Å². The fourth-order valence-electron chi connectivity index (χ4n) is 1.79. The standard InChI is InChI=1S/C16H16BrClN2O/c1-2-9-19-12-5-3-11(4-6-12)16(21)20-13-7-8-15(18)14(17)10-13/h3-8,10,19H,2,9H2,1H3,(H,20,21). The lowest BCUT2D eigenvalue weighted by Gasteiger charge is -2.08. The van der Waals surface area contributed by atoms with Crippen molar-refractivity contribution in [3.8, 4) is 0 Å². The predicted molar refractivity (Wildman–Crippen MR) is 92.3 cm³/mol. The van der Waals surface area contributed by atoms with Gasteiger partial charge >= 0.3 is 0 Å². The van der Waals surface area contributed by atoms with Crippen LogP contribution in [0, 0.1) is 0 Å². The Morgan fingerprint density at radius 1 is 1.14 bits per heavy atom. The number of benzene rings is 2. The summed E-state index contributed by atoms with van der Waals surface area (Å²) in [6, 6.07) is 12.7. The zero-order valence-electron chi connectivity index (χ0n) is 11.6. The average molecular weight is 368 g/mol. The van der Waals surface area contributed by atoms with Crippen molar-refractivity contribution in [2.75, 3.05) is 17.2 Å². The van der Waals surface area contributed by atoms with Gasteiger partial charge in [-0.3, -0.25) is 4.79 Å². The maximum atomic E-state index is 12.2. The van der Waals surface area contributed by atoms with E-state index in [4.69, 9.17) is 11.6 Å². The molecule has 0 atom stereocenters.